The van der Waals surface area contributed by atoms with Crippen LogP contribution in [0, 0.1) is 25.2 Å². The molecule has 0 aliphatic carbocycles. The molecule has 0 aliphatic heterocycles. The topological polar surface area (TPSA) is 75.3 Å². The van der Waals surface area contributed by atoms with Gasteiger partial charge in [0, 0.05) is 11.9 Å². The Hall–Kier alpha value is -2.39. The van der Waals surface area contributed by atoms with Gasteiger partial charge in [0.2, 0.25) is 0 Å². The van der Waals surface area contributed by atoms with Gasteiger partial charge >= 0.3 is 0 Å². The molecule has 0 saturated heterocycles. The van der Waals surface area contributed by atoms with Gasteiger partial charge < -0.3 is 0 Å². The molecule has 1 unspecified atom stereocenters. The fraction of sp³-hybridized carbons (Fsp3) is 0.214. The van der Waals surface area contributed by atoms with E-state index in [1.807, 2.05) is 19.1 Å². The second kappa shape index (κ2) is 4.94. The van der Waals surface area contributed by atoms with Crippen molar-refractivity contribution in [3.63, 3.8) is 0 Å². The number of aryl methyl sites for hydroxylation is 2. The fourth-order valence-corrected chi connectivity index (χ4v) is 2.97. The van der Waals surface area contributed by atoms with Crippen molar-refractivity contribution < 1.29 is 0 Å². The lowest BCUT2D eigenvalue weighted by molar-refractivity contribution is 0.904. The number of aromatic nitrogens is 4. The molecule has 0 N–H and O–H groups in total. The molecule has 0 amide bonds. The van der Waals surface area contributed by atoms with Gasteiger partial charge in [0.25, 0.3) is 0 Å². The summed E-state index contributed by atoms with van der Waals surface area (Å²) < 4.78 is 0. The van der Waals surface area contributed by atoms with Gasteiger partial charge in [-0.3, -0.25) is 0 Å². The minimum atomic E-state index is -0.476. The highest BCUT2D eigenvalue weighted by molar-refractivity contribution is 7.18. The zero-order valence-corrected chi connectivity index (χ0v) is 11.8. The molecule has 0 bridgehead atoms. The Bertz CT molecular complexity index is 818. The summed E-state index contributed by atoms with van der Waals surface area (Å²) in [6, 6.07) is 7.87. The minimum absolute atomic E-state index is 0.476. The smallest absolute Gasteiger partial charge is 0.143 e. The van der Waals surface area contributed by atoms with Crippen LogP contribution in [0.25, 0.3) is 10.3 Å². The zero-order chi connectivity index (χ0) is 14.1. The molecule has 20 heavy (non-hydrogen) atoms. The summed E-state index contributed by atoms with van der Waals surface area (Å²) in [7, 11) is 0. The van der Waals surface area contributed by atoms with Gasteiger partial charge in [-0.15, -0.1) is 0 Å². The maximum Gasteiger partial charge on any atom is 0.143 e. The maximum atomic E-state index is 9.44. The van der Waals surface area contributed by atoms with Crippen LogP contribution in [-0.4, -0.2) is 19.9 Å². The van der Waals surface area contributed by atoms with E-state index >= 15 is 0 Å². The van der Waals surface area contributed by atoms with E-state index in [4.69, 9.17) is 0 Å². The highest BCUT2D eigenvalue weighted by atomic mass is 32.1. The standard InChI is InChI=1S/C14H11N5S/c1-8-3-4-12-14(17-8)20-13(19-12)10(7-15)11-5-6-16-9(2)18-11/h3-6,10H,1-2H3. The quantitative estimate of drug-likeness (QED) is 0.722. The predicted octanol–water partition coefficient (Wildman–Crippen LogP) is 2.75. The second-order valence-corrected chi connectivity index (χ2v) is 5.43. The van der Waals surface area contributed by atoms with Crippen molar-refractivity contribution in [3.05, 3.63) is 46.6 Å². The molecule has 0 spiro atoms. The van der Waals surface area contributed by atoms with Crippen LogP contribution in [0.5, 0.6) is 0 Å². The number of nitriles is 1. The van der Waals surface area contributed by atoms with E-state index in [-0.39, 0.29) is 0 Å². The molecule has 0 aromatic carbocycles. The van der Waals surface area contributed by atoms with Crippen molar-refractivity contribution in [1.29, 1.82) is 5.26 Å². The number of fused-ring (bicyclic) bond motifs is 1. The Balaban J connectivity index is 2.10. The molecular formula is C14H11N5S. The SMILES string of the molecule is Cc1ccc2nc(C(C#N)c3ccnc(C)n3)sc2n1. The lowest BCUT2D eigenvalue weighted by Crippen LogP contribution is -2.02. The van der Waals surface area contributed by atoms with Crippen molar-refractivity contribution in [2.45, 2.75) is 19.8 Å². The average molecular weight is 281 g/mol. The van der Waals surface area contributed by atoms with E-state index in [2.05, 4.69) is 26.0 Å². The normalized spacial score (nSPS) is 12.2. The predicted molar refractivity (Wildman–Crippen MR) is 76.4 cm³/mol. The Morgan fingerprint density at radius 1 is 1.15 bits per heavy atom. The summed E-state index contributed by atoms with van der Waals surface area (Å²) in [5.74, 6) is 0.175. The molecule has 98 valence electrons. The summed E-state index contributed by atoms with van der Waals surface area (Å²) in [6.07, 6.45) is 1.66. The third-order valence-electron chi connectivity index (χ3n) is 2.88. The molecular weight excluding hydrogens is 270 g/mol. The number of hydrogen-bond acceptors (Lipinski definition) is 6. The molecule has 0 aliphatic rings. The van der Waals surface area contributed by atoms with Crippen LogP contribution in [-0.2, 0) is 0 Å². The van der Waals surface area contributed by atoms with Gasteiger partial charge in [-0.25, -0.2) is 19.9 Å². The first-order valence-electron chi connectivity index (χ1n) is 6.10. The van der Waals surface area contributed by atoms with Crippen LogP contribution >= 0.6 is 11.3 Å². The van der Waals surface area contributed by atoms with Crippen LogP contribution in [0.1, 0.15) is 28.1 Å². The highest BCUT2D eigenvalue weighted by Gasteiger charge is 2.20. The van der Waals surface area contributed by atoms with Crippen LogP contribution in [0.3, 0.4) is 0 Å². The summed E-state index contributed by atoms with van der Waals surface area (Å²) in [6.45, 7) is 3.75. The first-order valence-corrected chi connectivity index (χ1v) is 6.92. The number of nitrogens with zero attached hydrogens (tertiary/aromatic N) is 5. The molecule has 1 atom stereocenters. The molecule has 0 fully saturated rings. The molecule has 5 nitrogen and oxygen atoms in total. The Morgan fingerprint density at radius 3 is 2.75 bits per heavy atom. The van der Waals surface area contributed by atoms with E-state index in [1.165, 1.54) is 11.3 Å². The Kier molecular flexibility index (Phi) is 3.12. The van der Waals surface area contributed by atoms with E-state index in [0.717, 1.165) is 21.0 Å². The third-order valence-corrected chi connectivity index (χ3v) is 3.91. The van der Waals surface area contributed by atoms with Gasteiger partial charge in [-0.05, 0) is 32.0 Å². The number of rotatable bonds is 2. The molecule has 3 rings (SSSR count). The minimum Gasteiger partial charge on any atom is -0.242 e. The van der Waals surface area contributed by atoms with Crippen molar-refractivity contribution in [2.75, 3.05) is 0 Å². The van der Waals surface area contributed by atoms with Crippen molar-refractivity contribution in [2.24, 2.45) is 0 Å². The summed E-state index contributed by atoms with van der Waals surface area (Å²) >= 11 is 1.44. The molecule has 3 heterocycles. The molecule has 0 saturated carbocycles. The van der Waals surface area contributed by atoms with Gasteiger partial charge in [0.05, 0.1) is 11.8 Å². The summed E-state index contributed by atoms with van der Waals surface area (Å²) in [4.78, 5) is 18.2. The van der Waals surface area contributed by atoms with E-state index in [1.54, 1.807) is 19.2 Å². The van der Waals surface area contributed by atoms with Gasteiger partial charge in [0.15, 0.2) is 0 Å². The van der Waals surface area contributed by atoms with Crippen molar-refractivity contribution in [3.8, 4) is 6.07 Å². The second-order valence-electron chi connectivity index (χ2n) is 4.42. The maximum absolute atomic E-state index is 9.44. The van der Waals surface area contributed by atoms with E-state index in [9.17, 15) is 5.26 Å². The van der Waals surface area contributed by atoms with E-state index in [0.29, 0.717) is 11.5 Å². The number of thiazole rings is 1. The van der Waals surface area contributed by atoms with Gasteiger partial charge in [-0.1, -0.05) is 11.3 Å². The zero-order valence-electron chi connectivity index (χ0n) is 11.0. The Morgan fingerprint density at radius 2 is 2.00 bits per heavy atom. The van der Waals surface area contributed by atoms with Crippen LogP contribution in [0.15, 0.2) is 24.4 Å². The van der Waals surface area contributed by atoms with Crippen molar-refractivity contribution in [1.82, 2.24) is 19.9 Å². The molecule has 6 heteroatoms. The first-order chi connectivity index (χ1) is 9.67. The van der Waals surface area contributed by atoms with Gasteiger partial charge in [0.1, 0.15) is 27.1 Å². The third kappa shape index (κ3) is 2.24. The van der Waals surface area contributed by atoms with Crippen LogP contribution < -0.4 is 0 Å². The summed E-state index contributed by atoms with van der Waals surface area (Å²) in [5, 5.41) is 10.2. The lowest BCUT2D eigenvalue weighted by Gasteiger charge is -2.04. The highest BCUT2D eigenvalue weighted by Crippen LogP contribution is 2.29. The van der Waals surface area contributed by atoms with Crippen LogP contribution in [0.4, 0.5) is 0 Å². The number of hydrogen-bond donors (Lipinski definition) is 0. The van der Waals surface area contributed by atoms with Crippen LogP contribution in [0.2, 0.25) is 0 Å². The molecule has 0 radical (unpaired) electrons. The molecule has 3 aromatic rings. The first kappa shape index (κ1) is 12.6. The summed E-state index contributed by atoms with van der Waals surface area (Å²) in [5.41, 5.74) is 2.44. The van der Waals surface area contributed by atoms with Gasteiger partial charge in [-0.2, -0.15) is 5.26 Å². The molecule has 3 aromatic heterocycles. The Labute approximate surface area is 120 Å². The lowest BCUT2D eigenvalue weighted by atomic mass is 10.1. The van der Waals surface area contributed by atoms with E-state index < -0.39 is 5.92 Å². The largest absolute Gasteiger partial charge is 0.242 e. The average Bonchev–Trinajstić information content (AvgIpc) is 2.82. The number of pyridine rings is 1. The van der Waals surface area contributed by atoms with Crippen molar-refractivity contribution >= 4 is 21.7 Å². The monoisotopic (exact) mass is 281 g/mol. The fourth-order valence-electron chi connectivity index (χ4n) is 1.93.